The topological polar surface area (TPSA) is 62.7 Å². The molecule has 0 bridgehead atoms. The second-order valence-electron chi connectivity index (χ2n) is 6.59. The van der Waals surface area contributed by atoms with Crippen LogP contribution in [0.15, 0.2) is 42.5 Å². The minimum atomic E-state index is -0.0715. The fourth-order valence-corrected chi connectivity index (χ4v) is 3.79. The zero-order valence-electron chi connectivity index (χ0n) is 15.3. The van der Waals surface area contributed by atoms with Crippen molar-refractivity contribution in [2.24, 2.45) is 0 Å². The van der Waals surface area contributed by atoms with Crippen molar-refractivity contribution in [2.45, 2.75) is 26.8 Å². The van der Waals surface area contributed by atoms with Crippen molar-refractivity contribution in [3.63, 3.8) is 0 Å². The van der Waals surface area contributed by atoms with Gasteiger partial charge in [-0.15, -0.1) is 0 Å². The lowest BCUT2D eigenvalue weighted by Crippen LogP contribution is -2.28. The lowest BCUT2D eigenvalue weighted by atomic mass is 10.1. The zero-order valence-corrected chi connectivity index (χ0v) is 16.1. The number of fused-ring (bicyclic) bond motifs is 2. The Bertz CT molecular complexity index is 1110. The van der Waals surface area contributed by atoms with Crippen LogP contribution in [0.1, 0.15) is 28.8 Å². The van der Waals surface area contributed by atoms with E-state index >= 15 is 0 Å². The molecule has 0 saturated carbocycles. The molecule has 0 aliphatic rings. The molecular formula is C21H21ClN4O. The third kappa shape index (κ3) is 3.19. The van der Waals surface area contributed by atoms with Crippen molar-refractivity contribution >= 4 is 39.4 Å². The molecule has 0 fully saturated rings. The Morgan fingerprint density at radius 2 is 2.07 bits per heavy atom. The highest BCUT2D eigenvalue weighted by molar-refractivity contribution is 6.31. The molecule has 1 amide bonds. The van der Waals surface area contributed by atoms with Crippen LogP contribution in [0.2, 0.25) is 5.02 Å². The van der Waals surface area contributed by atoms with Crippen molar-refractivity contribution in [1.29, 1.82) is 0 Å². The molecule has 0 spiro atoms. The summed E-state index contributed by atoms with van der Waals surface area (Å²) in [5.41, 5.74) is 4.63. The smallest absolute Gasteiger partial charge is 0.268 e. The summed E-state index contributed by atoms with van der Waals surface area (Å²) in [7, 11) is 0. The molecule has 4 aromatic rings. The van der Waals surface area contributed by atoms with E-state index in [2.05, 4.69) is 15.3 Å². The van der Waals surface area contributed by atoms with Crippen LogP contribution in [0.4, 0.5) is 0 Å². The number of imidazole rings is 1. The maximum Gasteiger partial charge on any atom is 0.268 e. The Labute approximate surface area is 162 Å². The summed E-state index contributed by atoms with van der Waals surface area (Å²) in [6.07, 6.45) is 0.650. The van der Waals surface area contributed by atoms with Gasteiger partial charge in [0.2, 0.25) is 0 Å². The van der Waals surface area contributed by atoms with Crippen molar-refractivity contribution in [2.75, 3.05) is 6.54 Å². The highest BCUT2D eigenvalue weighted by Gasteiger charge is 2.19. The van der Waals surface area contributed by atoms with E-state index in [0.29, 0.717) is 23.7 Å². The van der Waals surface area contributed by atoms with Crippen molar-refractivity contribution in [3.05, 3.63) is 64.6 Å². The molecule has 0 unspecified atom stereocenters. The van der Waals surface area contributed by atoms with Gasteiger partial charge in [0.05, 0.1) is 11.0 Å². The number of aryl methyl sites for hydroxylation is 2. The molecule has 6 heteroatoms. The molecule has 0 aliphatic carbocycles. The van der Waals surface area contributed by atoms with Gasteiger partial charge in [-0.05, 0) is 49.7 Å². The Morgan fingerprint density at radius 3 is 2.85 bits per heavy atom. The molecule has 4 rings (SSSR count). The zero-order chi connectivity index (χ0) is 19.0. The minimum Gasteiger partial charge on any atom is -0.350 e. The number of carbonyl (C=O) groups is 1. The number of benzene rings is 2. The predicted octanol–water partition coefficient (Wildman–Crippen LogP) is 4.47. The van der Waals surface area contributed by atoms with Crippen LogP contribution in [-0.4, -0.2) is 27.0 Å². The molecule has 5 nitrogen and oxygen atoms in total. The standard InChI is InChI=1S/C21H21ClN4O/c1-3-26-18-9-8-14(22)12-15(18)13(2)20(26)21(27)23-11-10-19-24-16-6-4-5-7-17(16)25-19/h4-9,12H,3,10-11H2,1-2H3,(H,23,27)(H,24,25). The number of amides is 1. The Morgan fingerprint density at radius 1 is 1.26 bits per heavy atom. The number of halogens is 1. The van der Waals surface area contributed by atoms with E-state index in [1.54, 1.807) is 0 Å². The number of para-hydroxylation sites is 2. The molecule has 138 valence electrons. The lowest BCUT2D eigenvalue weighted by molar-refractivity contribution is 0.0944. The Kier molecular flexibility index (Phi) is 4.62. The molecular weight excluding hydrogens is 360 g/mol. The number of H-pyrrole nitrogens is 1. The minimum absolute atomic E-state index is 0.0715. The Balaban J connectivity index is 1.53. The van der Waals surface area contributed by atoms with Gasteiger partial charge in [0.1, 0.15) is 11.5 Å². The van der Waals surface area contributed by atoms with E-state index in [9.17, 15) is 4.79 Å². The van der Waals surface area contributed by atoms with E-state index in [-0.39, 0.29) is 5.91 Å². The summed E-state index contributed by atoms with van der Waals surface area (Å²) in [6, 6.07) is 13.7. The SMILES string of the molecule is CCn1c(C(=O)NCCc2nc3ccccc3[nH]2)c(C)c2cc(Cl)ccc21. The van der Waals surface area contributed by atoms with E-state index in [4.69, 9.17) is 11.6 Å². The first kappa shape index (κ1) is 17.6. The van der Waals surface area contributed by atoms with E-state index in [1.165, 1.54) is 0 Å². The Hall–Kier alpha value is -2.79. The molecule has 2 N–H and O–H groups in total. The maximum absolute atomic E-state index is 12.9. The number of rotatable bonds is 5. The molecule has 0 radical (unpaired) electrons. The molecule has 0 atom stereocenters. The first-order valence-corrected chi connectivity index (χ1v) is 9.46. The van der Waals surface area contributed by atoms with Crippen LogP contribution < -0.4 is 5.32 Å². The second-order valence-corrected chi connectivity index (χ2v) is 7.02. The fourth-order valence-electron chi connectivity index (χ4n) is 3.62. The summed E-state index contributed by atoms with van der Waals surface area (Å²) >= 11 is 6.14. The highest BCUT2D eigenvalue weighted by Crippen LogP contribution is 2.28. The van der Waals surface area contributed by atoms with Crippen molar-refractivity contribution < 1.29 is 4.79 Å². The van der Waals surface area contributed by atoms with Gasteiger partial charge in [0.15, 0.2) is 0 Å². The predicted molar refractivity (Wildman–Crippen MR) is 109 cm³/mol. The molecule has 2 aromatic carbocycles. The van der Waals surface area contributed by atoms with Crippen LogP contribution in [0.5, 0.6) is 0 Å². The van der Waals surface area contributed by atoms with Crippen molar-refractivity contribution in [3.8, 4) is 0 Å². The van der Waals surface area contributed by atoms with E-state index in [1.807, 2.05) is 60.9 Å². The van der Waals surface area contributed by atoms with E-state index in [0.717, 1.165) is 39.9 Å². The summed E-state index contributed by atoms with van der Waals surface area (Å²) in [6.45, 7) is 5.25. The monoisotopic (exact) mass is 380 g/mol. The number of carbonyl (C=O) groups excluding carboxylic acids is 1. The third-order valence-electron chi connectivity index (χ3n) is 4.90. The van der Waals surface area contributed by atoms with Gasteiger partial charge in [-0.25, -0.2) is 4.98 Å². The number of hydrogen-bond acceptors (Lipinski definition) is 2. The largest absolute Gasteiger partial charge is 0.350 e. The lowest BCUT2D eigenvalue weighted by Gasteiger charge is -2.09. The molecule has 27 heavy (non-hydrogen) atoms. The average molecular weight is 381 g/mol. The van der Waals surface area contributed by atoms with Gasteiger partial charge in [-0.2, -0.15) is 0 Å². The van der Waals surface area contributed by atoms with Gasteiger partial charge in [-0.3, -0.25) is 4.79 Å². The van der Waals surface area contributed by atoms with E-state index < -0.39 is 0 Å². The van der Waals surface area contributed by atoms with Gasteiger partial charge in [-0.1, -0.05) is 23.7 Å². The maximum atomic E-state index is 12.9. The van der Waals surface area contributed by atoms with Crippen LogP contribution in [0.25, 0.3) is 21.9 Å². The third-order valence-corrected chi connectivity index (χ3v) is 5.13. The summed E-state index contributed by atoms with van der Waals surface area (Å²) in [4.78, 5) is 20.7. The van der Waals surface area contributed by atoms with Crippen LogP contribution >= 0.6 is 11.6 Å². The quantitative estimate of drug-likeness (QED) is 0.536. The molecule has 2 heterocycles. The van der Waals surface area contributed by atoms with Crippen LogP contribution in [0, 0.1) is 6.92 Å². The van der Waals surface area contributed by atoms with Gasteiger partial charge >= 0.3 is 0 Å². The molecule has 2 aromatic heterocycles. The first-order chi connectivity index (χ1) is 13.1. The number of aromatic nitrogens is 3. The van der Waals surface area contributed by atoms with Crippen molar-refractivity contribution in [1.82, 2.24) is 19.9 Å². The summed E-state index contributed by atoms with van der Waals surface area (Å²) < 4.78 is 2.04. The summed E-state index contributed by atoms with van der Waals surface area (Å²) in [5.74, 6) is 0.800. The second kappa shape index (κ2) is 7.08. The van der Waals surface area contributed by atoms with Gasteiger partial charge in [0, 0.05) is 35.4 Å². The number of aromatic amines is 1. The van der Waals surface area contributed by atoms with Gasteiger partial charge < -0.3 is 14.9 Å². The number of hydrogen-bond donors (Lipinski definition) is 2. The molecule has 0 saturated heterocycles. The van der Waals surface area contributed by atoms with Crippen LogP contribution in [0.3, 0.4) is 0 Å². The normalized spacial score (nSPS) is 11.4. The summed E-state index contributed by atoms with van der Waals surface area (Å²) in [5, 5.41) is 4.73. The highest BCUT2D eigenvalue weighted by atomic mass is 35.5. The first-order valence-electron chi connectivity index (χ1n) is 9.08. The molecule has 0 aliphatic heterocycles. The fraction of sp³-hybridized carbons (Fsp3) is 0.238. The number of nitrogens with one attached hydrogen (secondary N) is 2. The number of nitrogens with zero attached hydrogens (tertiary/aromatic N) is 2. The average Bonchev–Trinajstić information content (AvgIpc) is 3.19. The van der Waals surface area contributed by atoms with Crippen LogP contribution in [-0.2, 0) is 13.0 Å². The van der Waals surface area contributed by atoms with Gasteiger partial charge in [0.25, 0.3) is 5.91 Å².